The molecule has 0 aliphatic rings. The molecule has 1 N–H and O–H groups in total. The van der Waals surface area contributed by atoms with Gasteiger partial charge in [-0.1, -0.05) is 17.7 Å². The predicted octanol–water partition coefficient (Wildman–Crippen LogP) is 5.08. The molecule has 156 valence electrons. The smallest absolute Gasteiger partial charge is 0.199 e. The molecular formula is C21H16Cl3FN2O3. The maximum atomic E-state index is 15.0. The SMILES string of the molecule is O=C(Cc1cccnc1)c1cc(C(=O)c2c(Cl)ccc(OC(CCl)CCl)c2F)c[nH]1. The second kappa shape index (κ2) is 10.1. The van der Waals surface area contributed by atoms with Crippen LogP contribution >= 0.6 is 34.8 Å². The first kappa shape index (κ1) is 22.3. The number of ketones is 2. The van der Waals surface area contributed by atoms with Gasteiger partial charge in [0.25, 0.3) is 0 Å². The fourth-order valence-corrected chi connectivity index (χ4v) is 3.42. The number of benzene rings is 1. The van der Waals surface area contributed by atoms with Gasteiger partial charge < -0.3 is 9.72 Å². The highest BCUT2D eigenvalue weighted by atomic mass is 35.5. The number of hydrogen-bond acceptors (Lipinski definition) is 4. The predicted molar refractivity (Wildman–Crippen MR) is 114 cm³/mol. The lowest BCUT2D eigenvalue weighted by Crippen LogP contribution is -2.21. The van der Waals surface area contributed by atoms with Crippen LogP contribution in [0.25, 0.3) is 0 Å². The van der Waals surface area contributed by atoms with Gasteiger partial charge in [-0.25, -0.2) is 4.39 Å². The van der Waals surface area contributed by atoms with E-state index in [4.69, 9.17) is 39.5 Å². The number of alkyl halides is 2. The number of nitrogens with one attached hydrogen (secondary N) is 1. The van der Waals surface area contributed by atoms with Crippen molar-refractivity contribution in [1.29, 1.82) is 0 Å². The van der Waals surface area contributed by atoms with Crippen molar-refractivity contribution in [3.63, 3.8) is 0 Å². The number of aromatic amines is 1. The van der Waals surface area contributed by atoms with E-state index >= 15 is 0 Å². The Bertz CT molecular complexity index is 1050. The van der Waals surface area contributed by atoms with Crippen LogP contribution in [0.15, 0.2) is 48.9 Å². The Morgan fingerprint density at radius 2 is 1.97 bits per heavy atom. The van der Waals surface area contributed by atoms with E-state index in [1.165, 1.54) is 24.4 Å². The molecule has 3 rings (SSSR count). The molecule has 0 unspecified atom stereocenters. The Balaban J connectivity index is 1.84. The minimum absolute atomic E-state index is 0.0507. The molecular weight excluding hydrogens is 454 g/mol. The van der Waals surface area contributed by atoms with Crippen LogP contribution in [0.4, 0.5) is 4.39 Å². The van der Waals surface area contributed by atoms with Crippen LogP contribution in [0.2, 0.25) is 5.02 Å². The lowest BCUT2D eigenvalue weighted by molar-refractivity contribution is 0.0988. The summed E-state index contributed by atoms with van der Waals surface area (Å²) in [5.41, 5.74) is 0.684. The topological polar surface area (TPSA) is 72.1 Å². The number of pyridine rings is 1. The summed E-state index contributed by atoms with van der Waals surface area (Å²) in [5, 5.41) is -0.0809. The third-order valence-corrected chi connectivity index (χ3v) is 5.26. The average Bonchev–Trinajstić information content (AvgIpc) is 3.24. The maximum Gasteiger partial charge on any atom is 0.199 e. The molecule has 9 heteroatoms. The van der Waals surface area contributed by atoms with Crippen LogP contribution < -0.4 is 4.74 Å². The minimum atomic E-state index is -0.919. The standard InChI is InChI=1S/C21H16Cl3FN2O3/c22-8-14(9-23)30-18-4-3-15(24)19(20(18)25)21(29)13-7-16(27-11-13)17(28)6-12-2-1-5-26-10-12/h1-5,7,10-11,14,27H,6,8-9H2. The van der Waals surface area contributed by atoms with E-state index in [2.05, 4.69) is 9.97 Å². The van der Waals surface area contributed by atoms with E-state index in [1.807, 2.05) is 0 Å². The number of halogens is 4. The van der Waals surface area contributed by atoms with Gasteiger partial charge in [0.1, 0.15) is 6.10 Å². The van der Waals surface area contributed by atoms with Crippen LogP contribution in [0.1, 0.15) is 32.0 Å². The molecule has 0 radical (unpaired) electrons. The molecule has 0 aliphatic heterocycles. The fraction of sp³-hybridized carbons (Fsp3) is 0.190. The minimum Gasteiger partial charge on any atom is -0.485 e. The quantitative estimate of drug-likeness (QED) is 0.350. The van der Waals surface area contributed by atoms with Crippen molar-refractivity contribution in [3.8, 4) is 5.75 Å². The summed E-state index contributed by atoms with van der Waals surface area (Å²) in [6.45, 7) is 0. The molecule has 3 aromatic rings. The van der Waals surface area contributed by atoms with E-state index in [0.717, 1.165) is 5.56 Å². The second-order valence-corrected chi connectivity index (χ2v) is 7.40. The number of ether oxygens (including phenoxy) is 1. The van der Waals surface area contributed by atoms with Gasteiger partial charge in [-0.15, -0.1) is 23.2 Å². The fourth-order valence-electron chi connectivity index (χ4n) is 2.73. The number of aromatic nitrogens is 2. The Morgan fingerprint density at radius 1 is 1.20 bits per heavy atom. The molecule has 2 heterocycles. The first-order chi connectivity index (χ1) is 14.4. The highest BCUT2D eigenvalue weighted by molar-refractivity contribution is 6.35. The monoisotopic (exact) mass is 468 g/mol. The summed E-state index contributed by atoms with van der Waals surface area (Å²) in [6, 6.07) is 7.53. The number of hydrogen-bond donors (Lipinski definition) is 1. The molecule has 0 saturated heterocycles. The maximum absolute atomic E-state index is 15.0. The second-order valence-electron chi connectivity index (χ2n) is 6.38. The number of carbonyl (C=O) groups excluding carboxylic acids is 2. The zero-order valence-electron chi connectivity index (χ0n) is 15.5. The van der Waals surface area contributed by atoms with Crippen molar-refractivity contribution in [1.82, 2.24) is 9.97 Å². The number of carbonyl (C=O) groups is 2. The lowest BCUT2D eigenvalue weighted by atomic mass is 10.0. The molecule has 0 fully saturated rings. The van der Waals surface area contributed by atoms with Crippen molar-refractivity contribution < 1.29 is 18.7 Å². The zero-order chi connectivity index (χ0) is 21.7. The van der Waals surface area contributed by atoms with Crippen LogP contribution in [0.5, 0.6) is 5.75 Å². The zero-order valence-corrected chi connectivity index (χ0v) is 17.8. The summed E-state index contributed by atoms with van der Waals surface area (Å²) in [6.07, 6.45) is 4.01. The Kier molecular flexibility index (Phi) is 7.48. The lowest BCUT2D eigenvalue weighted by Gasteiger charge is -2.16. The van der Waals surface area contributed by atoms with Crippen LogP contribution in [-0.2, 0) is 6.42 Å². The highest BCUT2D eigenvalue weighted by Gasteiger charge is 2.24. The van der Waals surface area contributed by atoms with Gasteiger partial charge in [-0.2, -0.15) is 0 Å². The Hall–Kier alpha value is -2.41. The molecule has 2 aromatic heterocycles. The Labute approximate surface area is 187 Å². The molecule has 30 heavy (non-hydrogen) atoms. The van der Waals surface area contributed by atoms with Crippen molar-refractivity contribution in [2.24, 2.45) is 0 Å². The van der Waals surface area contributed by atoms with Crippen molar-refractivity contribution >= 4 is 46.4 Å². The summed E-state index contributed by atoms with van der Waals surface area (Å²) in [7, 11) is 0. The number of nitrogens with zero attached hydrogens (tertiary/aromatic N) is 1. The average molecular weight is 470 g/mol. The van der Waals surface area contributed by atoms with Gasteiger partial charge >= 0.3 is 0 Å². The third kappa shape index (κ3) is 5.01. The van der Waals surface area contributed by atoms with E-state index in [-0.39, 0.29) is 51.6 Å². The van der Waals surface area contributed by atoms with E-state index in [9.17, 15) is 14.0 Å². The van der Waals surface area contributed by atoms with E-state index in [1.54, 1.807) is 24.5 Å². The molecule has 5 nitrogen and oxygen atoms in total. The van der Waals surface area contributed by atoms with Gasteiger partial charge in [0.2, 0.25) is 0 Å². The van der Waals surface area contributed by atoms with Gasteiger partial charge in [0.05, 0.1) is 28.0 Å². The van der Waals surface area contributed by atoms with Crippen LogP contribution in [-0.4, -0.2) is 39.4 Å². The van der Waals surface area contributed by atoms with Gasteiger partial charge in [-0.05, 0) is 29.8 Å². The molecule has 1 aromatic carbocycles. The van der Waals surface area contributed by atoms with Crippen molar-refractivity contribution in [2.45, 2.75) is 12.5 Å². The normalized spacial score (nSPS) is 11.0. The molecule has 0 saturated carbocycles. The molecule has 0 spiro atoms. The van der Waals surface area contributed by atoms with Gasteiger partial charge in [0.15, 0.2) is 23.1 Å². The van der Waals surface area contributed by atoms with E-state index in [0.29, 0.717) is 0 Å². The number of Topliss-reactive ketones (excluding diaryl/α,β-unsaturated/α-hetero) is 1. The summed E-state index contributed by atoms with van der Waals surface area (Å²) >= 11 is 17.5. The molecule has 0 aliphatic carbocycles. The summed E-state index contributed by atoms with van der Waals surface area (Å²) in [5.74, 6) is -1.93. The van der Waals surface area contributed by atoms with Crippen molar-refractivity contribution in [3.05, 3.63) is 82.1 Å². The highest BCUT2D eigenvalue weighted by Crippen LogP contribution is 2.30. The van der Waals surface area contributed by atoms with Gasteiger partial charge in [-0.3, -0.25) is 14.6 Å². The third-order valence-electron chi connectivity index (χ3n) is 4.25. The number of rotatable bonds is 9. The molecule has 0 bridgehead atoms. The molecule has 0 amide bonds. The van der Waals surface area contributed by atoms with Crippen LogP contribution in [0.3, 0.4) is 0 Å². The summed E-state index contributed by atoms with van der Waals surface area (Å²) in [4.78, 5) is 32.1. The first-order valence-electron chi connectivity index (χ1n) is 8.86. The Morgan fingerprint density at radius 3 is 2.63 bits per heavy atom. The molecule has 0 atom stereocenters. The van der Waals surface area contributed by atoms with Gasteiger partial charge in [0, 0.05) is 30.6 Å². The van der Waals surface area contributed by atoms with Crippen LogP contribution in [0, 0.1) is 5.82 Å². The van der Waals surface area contributed by atoms with E-state index < -0.39 is 17.7 Å². The number of H-pyrrole nitrogens is 1. The largest absolute Gasteiger partial charge is 0.485 e. The van der Waals surface area contributed by atoms with Crippen molar-refractivity contribution in [2.75, 3.05) is 11.8 Å². The summed E-state index contributed by atoms with van der Waals surface area (Å²) < 4.78 is 20.4. The first-order valence-corrected chi connectivity index (χ1v) is 10.3.